The Hall–Kier alpha value is -0.930. The first-order valence-electron chi connectivity index (χ1n) is 7.34. The normalized spacial score (nSPS) is 20.2. The number of nitrogens with zero attached hydrogens (tertiary/aromatic N) is 1. The number of halogens is 1. The van der Waals surface area contributed by atoms with E-state index in [-0.39, 0.29) is 11.9 Å². The van der Waals surface area contributed by atoms with Crippen molar-refractivity contribution in [3.8, 4) is 0 Å². The monoisotopic (exact) mass is 264 g/mol. The molecule has 106 valence electrons. The summed E-state index contributed by atoms with van der Waals surface area (Å²) in [5.74, 6) is 0.416. The summed E-state index contributed by atoms with van der Waals surface area (Å²) >= 11 is 0. The van der Waals surface area contributed by atoms with Crippen LogP contribution in [0.25, 0.3) is 0 Å². The van der Waals surface area contributed by atoms with E-state index in [2.05, 4.69) is 24.1 Å². The van der Waals surface area contributed by atoms with Crippen molar-refractivity contribution in [3.05, 3.63) is 35.1 Å². The molecule has 1 aromatic carbocycles. The molecule has 0 bridgehead atoms. The topological polar surface area (TPSA) is 15.3 Å². The number of piperazine rings is 1. The quantitative estimate of drug-likeness (QED) is 0.899. The van der Waals surface area contributed by atoms with Gasteiger partial charge in [-0.15, -0.1) is 0 Å². The van der Waals surface area contributed by atoms with Crippen molar-refractivity contribution < 1.29 is 4.39 Å². The van der Waals surface area contributed by atoms with Crippen LogP contribution in [0.2, 0.25) is 0 Å². The summed E-state index contributed by atoms with van der Waals surface area (Å²) in [4.78, 5) is 2.43. The molecule has 0 amide bonds. The number of hydrogen-bond acceptors (Lipinski definition) is 2. The van der Waals surface area contributed by atoms with Gasteiger partial charge in [-0.25, -0.2) is 4.39 Å². The third-order valence-electron chi connectivity index (χ3n) is 4.20. The highest BCUT2D eigenvalue weighted by molar-refractivity contribution is 5.27. The van der Waals surface area contributed by atoms with Crippen molar-refractivity contribution in [1.29, 1.82) is 0 Å². The van der Waals surface area contributed by atoms with Gasteiger partial charge in [0.05, 0.1) is 0 Å². The van der Waals surface area contributed by atoms with Crippen LogP contribution in [0.4, 0.5) is 4.39 Å². The van der Waals surface area contributed by atoms with Gasteiger partial charge in [-0.05, 0) is 24.5 Å². The van der Waals surface area contributed by atoms with Crippen LogP contribution in [0.15, 0.2) is 18.2 Å². The van der Waals surface area contributed by atoms with Crippen molar-refractivity contribution in [2.75, 3.05) is 26.2 Å². The fourth-order valence-electron chi connectivity index (χ4n) is 2.92. The fourth-order valence-corrected chi connectivity index (χ4v) is 2.92. The highest BCUT2D eigenvalue weighted by atomic mass is 19.1. The summed E-state index contributed by atoms with van der Waals surface area (Å²) < 4.78 is 14.3. The molecule has 1 aromatic rings. The van der Waals surface area contributed by atoms with Crippen LogP contribution in [0.3, 0.4) is 0 Å². The highest BCUT2D eigenvalue weighted by Crippen LogP contribution is 2.32. The van der Waals surface area contributed by atoms with Gasteiger partial charge in [0.1, 0.15) is 5.82 Å². The Balaban J connectivity index is 2.30. The Morgan fingerprint density at radius 1 is 1.32 bits per heavy atom. The van der Waals surface area contributed by atoms with E-state index in [4.69, 9.17) is 0 Å². The summed E-state index contributed by atoms with van der Waals surface area (Å²) in [5, 5.41) is 3.37. The van der Waals surface area contributed by atoms with Crippen molar-refractivity contribution in [2.24, 2.45) is 5.92 Å². The van der Waals surface area contributed by atoms with E-state index >= 15 is 0 Å². The Kier molecular flexibility index (Phi) is 4.94. The lowest BCUT2D eigenvalue weighted by atomic mass is 9.89. The van der Waals surface area contributed by atoms with E-state index in [1.54, 1.807) is 6.07 Å². The standard InChI is InChI=1S/C16H25FN2/c1-4-13(3)16(19-9-7-18-8-10-19)14-6-5-12(2)11-15(14)17/h5-6,11,13,16,18H,4,7-10H2,1-3H3/t13?,16-/m1/s1. The lowest BCUT2D eigenvalue weighted by molar-refractivity contribution is 0.125. The predicted molar refractivity (Wildman–Crippen MR) is 77.8 cm³/mol. The second-order valence-electron chi connectivity index (χ2n) is 5.64. The van der Waals surface area contributed by atoms with Crippen LogP contribution < -0.4 is 5.32 Å². The molecule has 1 N–H and O–H groups in total. The maximum absolute atomic E-state index is 14.3. The van der Waals surface area contributed by atoms with Gasteiger partial charge in [0, 0.05) is 37.8 Å². The molecule has 2 atom stereocenters. The maximum Gasteiger partial charge on any atom is 0.128 e. The van der Waals surface area contributed by atoms with Crippen molar-refractivity contribution in [3.63, 3.8) is 0 Å². The van der Waals surface area contributed by atoms with Crippen LogP contribution >= 0.6 is 0 Å². The van der Waals surface area contributed by atoms with Crippen LogP contribution in [-0.4, -0.2) is 31.1 Å². The van der Waals surface area contributed by atoms with Gasteiger partial charge in [0.15, 0.2) is 0 Å². The SMILES string of the molecule is CCC(C)[C@H](c1ccc(C)cc1F)N1CCNCC1. The molecule has 0 saturated carbocycles. The molecule has 2 nitrogen and oxygen atoms in total. The van der Waals surface area contributed by atoms with Crippen LogP contribution in [0.1, 0.15) is 37.4 Å². The molecule has 1 fully saturated rings. The zero-order valence-corrected chi connectivity index (χ0v) is 12.2. The first-order chi connectivity index (χ1) is 9.13. The minimum atomic E-state index is -0.0520. The molecule has 3 heteroatoms. The van der Waals surface area contributed by atoms with E-state index in [1.165, 1.54) is 0 Å². The van der Waals surface area contributed by atoms with Crippen LogP contribution in [-0.2, 0) is 0 Å². The lowest BCUT2D eigenvalue weighted by Crippen LogP contribution is -2.46. The zero-order valence-electron chi connectivity index (χ0n) is 12.2. The van der Waals surface area contributed by atoms with Crippen molar-refractivity contribution in [2.45, 2.75) is 33.2 Å². The van der Waals surface area contributed by atoms with Gasteiger partial charge in [-0.2, -0.15) is 0 Å². The van der Waals surface area contributed by atoms with Crippen molar-refractivity contribution in [1.82, 2.24) is 10.2 Å². The zero-order chi connectivity index (χ0) is 13.8. The summed E-state index contributed by atoms with van der Waals surface area (Å²) in [7, 11) is 0. The van der Waals surface area contributed by atoms with Gasteiger partial charge in [-0.1, -0.05) is 32.4 Å². The number of hydrogen-bond donors (Lipinski definition) is 1. The lowest BCUT2D eigenvalue weighted by Gasteiger charge is -2.38. The third kappa shape index (κ3) is 3.34. The molecule has 0 aliphatic carbocycles. The molecular formula is C16H25FN2. The molecular weight excluding hydrogens is 239 g/mol. The van der Waals surface area contributed by atoms with Gasteiger partial charge < -0.3 is 5.32 Å². The molecule has 1 saturated heterocycles. The van der Waals surface area contributed by atoms with Gasteiger partial charge in [0.2, 0.25) is 0 Å². The molecule has 0 spiro atoms. The fraction of sp³-hybridized carbons (Fsp3) is 0.625. The molecule has 19 heavy (non-hydrogen) atoms. The summed E-state index contributed by atoms with van der Waals surface area (Å²) in [6.07, 6.45) is 1.07. The van der Waals surface area contributed by atoms with Gasteiger partial charge in [0.25, 0.3) is 0 Å². The largest absolute Gasteiger partial charge is 0.314 e. The Bertz CT molecular complexity index is 413. The smallest absolute Gasteiger partial charge is 0.128 e. The third-order valence-corrected chi connectivity index (χ3v) is 4.20. The molecule has 2 rings (SSSR count). The average molecular weight is 264 g/mol. The van der Waals surface area contributed by atoms with Gasteiger partial charge >= 0.3 is 0 Å². The van der Waals surface area contributed by atoms with Gasteiger partial charge in [-0.3, -0.25) is 4.90 Å². The highest BCUT2D eigenvalue weighted by Gasteiger charge is 2.28. The second-order valence-corrected chi connectivity index (χ2v) is 5.64. The van der Waals surface area contributed by atoms with Crippen molar-refractivity contribution >= 4 is 0 Å². The number of rotatable bonds is 4. The van der Waals surface area contributed by atoms with E-state index in [9.17, 15) is 4.39 Å². The Morgan fingerprint density at radius 3 is 2.58 bits per heavy atom. The van der Waals surface area contributed by atoms with Crippen LogP contribution in [0.5, 0.6) is 0 Å². The molecule has 1 heterocycles. The number of nitrogens with one attached hydrogen (secondary N) is 1. The first-order valence-corrected chi connectivity index (χ1v) is 7.34. The first kappa shape index (κ1) is 14.5. The second kappa shape index (κ2) is 6.49. The van der Waals surface area contributed by atoms with E-state index < -0.39 is 0 Å². The number of benzene rings is 1. The Labute approximate surface area is 116 Å². The predicted octanol–water partition coefficient (Wildman–Crippen LogP) is 3.13. The van der Waals surface area contributed by atoms with E-state index in [0.29, 0.717) is 5.92 Å². The van der Waals surface area contributed by atoms with E-state index in [0.717, 1.165) is 43.7 Å². The molecule has 1 aliphatic rings. The maximum atomic E-state index is 14.3. The molecule has 1 aliphatic heterocycles. The van der Waals surface area contributed by atoms with Crippen LogP contribution in [0, 0.1) is 18.7 Å². The minimum absolute atomic E-state index is 0.0520. The Morgan fingerprint density at radius 2 is 2.00 bits per heavy atom. The molecule has 1 unspecified atom stereocenters. The van der Waals surface area contributed by atoms with E-state index in [1.807, 2.05) is 19.1 Å². The summed E-state index contributed by atoms with van der Waals surface area (Å²) in [6.45, 7) is 10.4. The summed E-state index contributed by atoms with van der Waals surface area (Å²) in [6, 6.07) is 5.86. The molecule has 0 radical (unpaired) electrons. The molecule has 0 aromatic heterocycles. The summed E-state index contributed by atoms with van der Waals surface area (Å²) in [5.41, 5.74) is 1.85. The average Bonchev–Trinajstić information content (AvgIpc) is 2.42. The number of aryl methyl sites for hydroxylation is 1. The minimum Gasteiger partial charge on any atom is -0.314 e.